The first-order valence-electron chi connectivity index (χ1n) is 8.57. The van der Waals surface area contributed by atoms with Gasteiger partial charge in [-0.3, -0.25) is 9.78 Å². The summed E-state index contributed by atoms with van der Waals surface area (Å²) in [5.74, 6) is -0.121. The van der Waals surface area contributed by atoms with Crippen LogP contribution in [-0.4, -0.2) is 42.9 Å². The van der Waals surface area contributed by atoms with Gasteiger partial charge in [0.25, 0.3) is 0 Å². The predicted molar refractivity (Wildman–Crippen MR) is 103 cm³/mol. The number of halogens is 1. The van der Waals surface area contributed by atoms with Crippen LogP contribution in [0.2, 0.25) is 0 Å². The summed E-state index contributed by atoms with van der Waals surface area (Å²) in [6.07, 6.45) is 3.43. The average Bonchev–Trinajstić information content (AvgIpc) is 2.68. The molecule has 1 atom stereocenters. The Bertz CT molecular complexity index is 759. The van der Waals surface area contributed by atoms with Crippen LogP contribution in [-0.2, 0) is 9.53 Å². The number of carbonyl (C=O) groups is 1. The van der Waals surface area contributed by atoms with Gasteiger partial charge in [0.1, 0.15) is 13.1 Å². The van der Waals surface area contributed by atoms with Gasteiger partial charge in [-0.05, 0) is 36.8 Å². The van der Waals surface area contributed by atoms with E-state index in [1.54, 1.807) is 12.4 Å². The lowest BCUT2D eigenvalue weighted by molar-refractivity contribution is -0.929. The van der Waals surface area contributed by atoms with E-state index in [2.05, 4.69) is 31.4 Å². The van der Waals surface area contributed by atoms with Crippen molar-refractivity contribution in [2.24, 2.45) is 5.10 Å². The lowest BCUT2D eigenvalue weighted by atomic mass is 10.1. The van der Waals surface area contributed by atoms with Crippen LogP contribution < -0.4 is 10.3 Å². The van der Waals surface area contributed by atoms with Crippen LogP contribution in [0.5, 0.6) is 0 Å². The monoisotopic (exact) mass is 417 g/mol. The van der Waals surface area contributed by atoms with Crippen LogP contribution in [0.3, 0.4) is 0 Å². The van der Waals surface area contributed by atoms with Gasteiger partial charge in [-0.15, -0.1) is 0 Å². The Hall–Kier alpha value is -2.09. The van der Waals surface area contributed by atoms with E-state index in [0.29, 0.717) is 13.2 Å². The van der Waals surface area contributed by atoms with Crippen LogP contribution in [0.25, 0.3) is 0 Å². The van der Waals surface area contributed by atoms with E-state index in [4.69, 9.17) is 4.74 Å². The zero-order chi connectivity index (χ0) is 18.4. The summed E-state index contributed by atoms with van der Waals surface area (Å²) in [7, 11) is 0. The third-order valence-electron chi connectivity index (χ3n) is 4.44. The van der Waals surface area contributed by atoms with Crippen LogP contribution in [0.15, 0.2) is 58.4 Å². The number of pyridine rings is 1. The van der Waals surface area contributed by atoms with Gasteiger partial charge in [0.15, 0.2) is 6.04 Å². The summed E-state index contributed by atoms with van der Waals surface area (Å²) < 4.78 is 6.44. The Morgan fingerprint density at radius 2 is 1.85 bits per heavy atom. The molecule has 2 heterocycles. The van der Waals surface area contributed by atoms with Gasteiger partial charge >= 0.3 is 5.91 Å². The zero-order valence-electron chi connectivity index (χ0n) is 14.6. The fourth-order valence-electron chi connectivity index (χ4n) is 3.01. The molecule has 0 saturated carbocycles. The second-order valence-electron chi connectivity index (χ2n) is 6.16. The van der Waals surface area contributed by atoms with Crippen molar-refractivity contribution in [3.05, 3.63) is 64.4 Å². The van der Waals surface area contributed by atoms with E-state index in [1.807, 2.05) is 43.3 Å². The highest BCUT2D eigenvalue weighted by Crippen LogP contribution is 2.12. The van der Waals surface area contributed by atoms with Gasteiger partial charge in [-0.1, -0.05) is 28.1 Å². The van der Waals surface area contributed by atoms with Gasteiger partial charge in [-0.25, -0.2) is 5.43 Å². The fourth-order valence-corrected chi connectivity index (χ4v) is 3.27. The summed E-state index contributed by atoms with van der Waals surface area (Å²) in [5, 5.41) is 4.31. The minimum absolute atomic E-state index is 0.121. The topological polar surface area (TPSA) is 68.0 Å². The zero-order valence-corrected chi connectivity index (χ0v) is 16.2. The van der Waals surface area contributed by atoms with Crippen molar-refractivity contribution in [1.29, 1.82) is 0 Å². The van der Waals surface area contributed by atoms with Gasteiger partial charge in [0, 0.05) is 22.4 Å². The molecule has 3 rings (SSSR count). The number of benzene rings is 1. The first-order valence-corrected chi connectivity index (χ1v) is 9.37. The number of hydrazone groups is 1. The number of aromatic nitrogens is 1. The van der Waals surface area contributed by atoms with E-state index < -0.39 is 0 Å². The Morgan fingerprint density at radius 3 is 2.50 bits per heavy atom. The maximum absolute atomic E-state index is 12.9. The number of hydrogen-bond donors (Lipinski definition) is 2. The number of rotatable bonds is 5. The molecule has 0 aliphatic carbocycles. The SMILES string of the molecule is C/C(=N/NC(=O)[C@@H](c1ccncc1)[NH+]1CCOCC1)c1ccc(Br)cc1. The molecule has 6 nitrogen and oxygen atoms in total. The van der Waals surface area contributed by atoms with E-state index in [-0.39, 0.29) is 11.9 Å². The van der Waals surface area contributed by atoms with Crippen molar-refractivity contribution in [3.8, 4) is 0 Å². The first kappa shape index (κ1) is 18.7. The summed E-state index contributed by atoms with van der Waals surface area (Å²) in [6, 6.07) is 11.3. The van der Waals surface area contributed by atoms with Gasteiger partial charge in [-0.2, -0.15) is 5.10 Å². The maximum atomic E-state index is 12.9. The van der Waals surface area contributed by atoms with Gasteiger partial charge in [0.2, 0.25) is 0 Å². The minimum atomic E-state index is -0.330. The van der Waals surface area contributed by atoms with Crippen molar-refractivity contribution >= 4 is 27.5 Å². The van der Waals surface area contributed by atoms with Crippen LogP contribution in [0, 0.1) is 0 Å². The van der Waals surface area contributed by atoms with Crippen molar-refractivity contribution in [2.45, 2.75) is 13.0 Å². The maximum Gasteiger partial charge on any atom is 0.303 e. The third-order valence-corrected chi connectivity index (χ3v) is 4.97. The standard InChI is InChI=1S/C19H21BrN4O2/c1-14(15-2-4-17(20)5-3-15)22-23-19(25)18(16-6-8-21-9-7-16)24-10-12-26-13-11-24/h2-9,18H,10-13H2,1H3,(H,23,25)/p+1/b22-14-/t18-/m1/s1. The molecule has 1 aromatic heterocycles. The predicted octanol–water partition coefficient (Wildman–Crippen LogP) is 1.34. The number of carbonyl (C=O) groups excluding carboxylic acids is 1. The smallest absolute Gasteiger partial charge is 0.303 e. The summed E-state index contributed by atoms with van der Waals surface area (Å²) in [5.41, 5.74) is 5.41. The van der Waals surface area contributed by atoms with Gasteiger partial charge in [0.05, 0.1) is 18.9 Å². The molecule has 0 spiro atoms. The summed E-state index contributed by atoms with van der Waals surface area (Å²) in [4.78, 5) is 18.2. The molecule has 1 fully saturated rings. The van der Waals surface area contributed by atoms with E-state index in [0.717, 1.165) is 34.4 Å². The molecule has 0 radical (unpaired) electrons. The van der Waals surface area contributed by atoms with Crippen molar-refractivity contribution < 1.29 is 14.4 Å². The molecule has 1 saturated heterocycles. The normalized spacial score (nSPS) is 16.9. The third kappa shape index (κ3) is 4.75. The Kier molecular flexibility index (Phi) is 6.49. The summed E-state index contributed by atoms with van der Waals surface area (Å²) in [6.45, 7) is 4.77. The molecule has 0 bridgehead atoms. The molecule has 1 aromatic carbocycles. The first-order chi connectivity index (χ1) is 12.6. The molecule has 2 aromatic rings. The highest BCUT2D eigenvalue weighted by molar-refractivity contribution is 9.10. The fraction of sp³-hybridized carbons (Fsp3) is 0.316. The summed E-state index contributed by atoms with van der Waals surface area (Å²) >= 11 is 3.42. The van der Waals surface area contributed by atoms with Gasteiger partial charge < -0.3 is 9.64 Å². The lowest BCUT2D eigenvalue weighted by Crippen LogP contribution is -3.15. The number of nitrogens with one attached hydrogen (secondary N) is 2. The second-order valence-corrected chi connectivity index (χ2v) is 7.08. The number of quaternary nitrogens is 1. The Morgan fingerprint density at radius 1 is 1.19 bits per heavy atom. The molecule has 2 N–H and O–H groups in total. The van der Waals surface area contributed by atoms with Crippen LogP contribution in [0.4, 0.5) is 0 Å². The quantitative estimate of drug-likeness (QED) is 0.569. The second kappa shape index (κ2) is 9.02. The van der Waals surface area contributed by atoms with E-state index >= 15 is 0 Å². The largest absolute Gasteiger partial charge is 0.370 e. The average molecular weight is 418 g/mol. The molecular formula is C19H22BrN4O2+. The molecule has 1 amide bonds. The molecule has 7 heteroatoms. The lowest BCUT2D eigenvalue weighted by Gasteiger charge is -2.30. The molecular weight excluding hydrogens is 396 g/mol. The van der Waals surface area contributed by atoms with Crippen molar-refractivity contribution in [3.63, 3.8) is 0 Å². The number of nitrogens with zero attached hydrogens (tertiary/aromatic N) is 2. The van der Waals surface area contributed by atoms with Crippen LogP contribution >= 0.6 is 15.9 Å². The van der Waals surface area contributed by atoms with E-state index in [9.17, 15) is 4.79 Å². The highest BCUT2D eigenvalue weighted by atomic mass is 79.9. The number of amides is 1. The molecule has 0 unspecified atom stereocenters. The van der Waals surface area contributed by atoms with E-state index in [1.165, 1.54) is 4.90 Å². The molecule has 1 aliphatic heterocycles. The van der Waals surface area contributed by atoms with Crippen LogP contribution in [0.1, 0.15) is 24.1 Å². The Balaban J connectivity index is 1.76. The molecule has 1 aliphatic rings. The number of hydrogen-bond acceptors (Lipinski definition) is 4. The number of morpholine rings is 1. The Labute approximate surface area is 161 Å². The molecule has 136 valence electrons. The molecule has 26 heavy (non-hydrogen) atoms. The van der Waals surface area contributed by atoms with Crippen molar-refractivity contribution in [1.82, 2.24) is 10.4 Å². The highest BCUT2D eigenvalue weighted by Gasteiger charge is 2.32. The van der Waals surface area contributed by atoms with Crippen molar-refractivity contribution in [2.75, 3.05) is 26.3 Å². The number of ether oxygens (including phenoxy) is 1. The minimum Gasteiger partial charge on any atom is -0.370 e.